The minimum absolute atomic E-state index is 0.0536. The molecule has 2 aromatic heterocycles. The number of hydrogen-bond acceptors (Lipinski definition) is 6. The fourth-order valence-electron chi connectivity index (χ4n) is 3.70. The molecule has 0 bridgehead atoms. The first-order valence-electron chi connectivity index (χ1n) is 9.54. The molecule has 1 fully saturated rings. The predicted octanol–water partition coefficient (Wildman–Crippen LogP) is 1.52. The van der Waals surface area contributed by atoms with Gasteiger partial charge in [0.15, 0.2) is 11.6 Å². The molecule has 1 saturated heterocycles. The van der Waals surface area contributed by atoms with E-state index in [-0.39, 0.29) is 35.0 Å². The highest BCUT2D eigenvalue weighted by Crippen LogP contribution is 2.25. The van der Waals surface area contributed by atoms with Crippen molar-refractivity contribution in [2.75, 3.05) is 18.0 Å². The first kappa shape index (κ1) is 20.5. The van der Waals surface area contributed by atoms with Crippen molar-refractivity contribution in [1.29, 1.82) is 0 Å². The number of carboxylic acid groups (broad SMARTS) is 2. The van der Waals surface area contributed by atoms with E-state index >= 15 is 0 Å². The molecule has 160 valence electrons. The van der Waals surface area contributed by atoms with Gasteiger partial charge in [0.05, 0.1) is 10.9 Å². The van der Waals surface area contributed by atoms with Crippen molar-refractivity contribution < 1.29 is 24.2 Å². The van der Waals surface area contributed by atoms with E-state index in [1.165, 1.54) is 22.9 Å². The van der Waals surface area contributed by atoms with Crippen LogP contribution in [0.3, 0.4) is 0 Å². The van der Waals surface area contributed by atoms with E-state index in [0.717, 1.165) is 6.07 Å². The van der Waals surface area contributed by atoms with Crippen LogP contribution >= 0.6 is 0 Å². The molecule has 1 aliphatic rings. The predicted molar refractivity (Wildman–Crippen MR) is 110 cm³/mol. The van der Waals surface area contributed by atoms with Gasteiger partial charge >= 0.3 is 11.9 Å². The number of pyridine rings is 2. The highest BCUT2D eigenvalue weighted by atomic mass is 19.1. The Bertz CT molecular complexity index is 1260. The molecule has 0 saturated carbocycles. The smallest absolute Gasteiger partial charge is 0.341 e. The Morgan fingerprint density at radius 3 is 2.48 bits per heavy atom. The molecule has 3 aromatic rings. The molecular weight excluding hydrogens is 407 g/mol. The number of halogens is 1. The normalized spacial score (nSPS) is 16.1. The topological polar surface area (TPSA) is 139 Å². The standard InChI is InChI=1S/C21H19FN4O5/c22-16-7-14-17(27)15(21(30)31)10-26(8-11-1-3-12(4-2-11)20(28)29)18(14)24-19(16)25-6-5-13(23)9-25/h1-4,7,10,13H,5-6,8-9,23H2,(H,28,29)(H,30,31). The summed E-state index contributed by atoms with van der Waals surface area (Å²) in [7, 11) is 0. The number of anilines is 1. The summed E-state index contributed by atoms with van der Waals surface area (Å²) in [6, 6.07) is 6.91. The minimum atomic E-state index is -1.43. The number of nitrogens with two attached hydrogens (primary N) is 1. The Morgan fingerprint density at radius 2 is 1.90 bits per heavy atom. The van der Waals surface area contributed by atoms with Crippen LogP contribution in [0.1, 0.15) is 32.7 Å². The second-order valence-corrected chi connectivity index (χ2v) is 7.47. The molecule has 1 unspecified atom stereocenters. The Hall–Kier alpha value is -3.79. The van der Waals surface area contributed by atoms with E-state index in [0.29, 0.717) is 25.1 Å². The summed E-state index contributed by atoms with van der Waals surface area (Å²) in [6.07, 6.45) is 1.85. The first-order valence-corrected chi connectivity index (χ1v) is 9.54. The van der Waals surface area contributed by atoms with Gasteiger partial charge in [-0.05, 0) is 30.2 Å². The zero-order valence-electron chi connectivity index (χ0n) is 16.3. The molecule has 3 heterocycles. The molecule has 9 nitrogen and oxygen atoms in total. The number of hydrogen-bond donors (Lipinski definition) is 3. The van der Waals surface area contributed by atoms with Crippen LogP contribution in [0.15, 0.2) is 41.3 Å². The van der Waals surface area contributed by atoms with Crippen LogP contribution in [0.5, 0.6) is 0 Å². The first-order chi connectivity index (χ1) is 14.7. The lowest BCUT2D eigenvalue weighted by Gasteiger charge is -2.19. The van der Waals surface area contributed by atoms with Crippen molar-refractivity contribution in [2.24, 2.45) is 5.73 Å². The lowest BCUT2D eigenvalue weighted by Crippen LogP contribution is -2.28. The summed E-state index contributed by atoms with van der Waals surface area (Å²) in [4.78, 5) is 41.3. The van der Waals surface area contributed by atoms with E-state index in [4.69, 9.17) is 10.8 Å². The quantitative estimate of drug-likeness (QED) is 0.558. The van der Waals surface area contributed by atoms with Crippen LogP contribution in [0.4, 0.5) is 10.2 Å². The third-order valence-electron chi connectivity index (χ3n) is 5.29. The number of aromatic nitrogens is 2. The van der Waals surface area contributed by atoms with E-state index in [1.54, 1.807) is 17.0 Å². The highest BCUT2D eigenvalue weighted by Gasteiger charge is 2.25. The molecule has 4 N–H and O–H groups in total. The highest BCUT2D eigenvalue weighted by molar-refractivity contribution is 5.92. The van der Waals surface area contributed by atoms with Gasteiger partial charge < -0.3 is 25.4 Å². The Labute approximate surface area is 175 Å². The van der Waals surface area contributed by atoms with Gasteiger partial charge in [-0.15, -0.1) is 0 Å². The molecule has 1 atom stereocenters. The largest absolute Gasteiger partial charge is 0.478 e. The Balaban J connectivity index is 1.86. The molecule has 0 radical (unpaired) electrons. The number of carboxylic acids is 2. The molecule has 4 rings (SSSR count). The van der Waals surface area contributed by atoms with Crippen LogP contribution in [0, 0.1) is 5.82 Å². The van der Waals surface area contributed by atoms with Crippen molar-refractivity contribution in [3.05, 3.63) is 69.3 Å². The van der Waals surface area contributed by atoms with Crippen molar-refractivity contribution in [2.45, 2.75) is 19.0 Å². The Morgan fingerprint density at radius 1 is 1.19 bits per heavy atom. The molecule has 1 aromatic carbocycles. The number of nitrogens with zero attached hydrogens (tertiary/aromatic N) is 3. The third-order valence-corrected chi connectivity index (χ3v) is 5.29. The molecule has 0 spiro atoms. The number of aromatic carboxylic acids is 2. The van der Waals surface area contributed by atoms with Crippen molar-refractivity contribution in [3.8, 4) is 0 Å². The van der Waals surface area contributed by atoms with Gasteiger partial charge in [0.2, 0.25) is 5.43 Å². The summed E-state index contributed by atoms with van der Waals surface area (Å²) in [5, 5.41) is 18.3. The monoisotopic (exact) mass is 426 g/mol. The summed E-state index contributed by atoms with van der Waals surface area (Å²) in [6.45, 7) is 1.04. The van der Waals surface area contributed by atoms with Crippen LogP contribution in [-0.4, -0.2) is 50.8 Å². The summed E-state index contributed by atoms with van der Waals surface area (Å²) in [5.74, 6) is -3.17. The fraction of sp³-hybridized carbons (Fsp3) is 0.238. The van der Waals surface area contributed by atoms with E-state index in [2.05, 4.69) is 4.98 Å². The van der Waals surface area contributed by atoms with Gasteiger partial charge in [-0.2, -0.15) is 0 Å². The maximum absolute atomic E-state index is 14.8. The Kier molecular flexibility index (Phi) is 5.15. The molecule has 10 heteroatoms. The van der Waals surface area contributed by atoms with Crippen molar-refractivity contribution in [1.82, 2.24) is 9.55 Å². The van der Waals surface area contributed by atoms with Gasteiger partial charge in [0.25, 0.3) is 0 Å². The average Bonchev–Trinajstić information content (AvgIpc) is 3.16. The van der Waals surface area contributed by atoms with Crippen LogP contribution < -0.4 is 16.1 Å². The van der Waals surface area contributed by atoms with Crippen molar-refractivity contribution >= 4 is 28.8 Å². The molecular formula is C21H19FN4O5. The molecule has 31 heavy (non-hydrogen) atoms. The van der Waals surface area contributed by atoms with Gasteiger partial charge in [-0.3, -0.25) is 4.79 Å². The SMILES string of the molecule is NC1CCN(c2nc3c(cc2F)c(=O)c(C(=O)O)cn3Cc2ccc(C(=O)O)cc2)C1. The number of fused-ring (bicyclic) bond motifs is 1. The van der Waals surface area contributed by atoms with Gasteiger partial charge in [0.1, 0.15) is 11.2 Å². The van der Waals surface area contributed by atoms with Crippen LogP contribution in [0.2, 0.25) is 0 Å². The van der Waals surface area contributed by atoms with Gasteiger partial charge in [0, 0.05) is 31.9 Å². The minimum Gasteiger partial charge on any atom is -0.478 e. The fourth-order valence-corrected chi connectivity index (χ4v) is 3.70. The molecule has 1 aliphatic heterocycles. The van der Waals surface area contributed by atoms with E-state index in [1.807, 2.05) is 0 Å². The number of benzene rings is 1. The van der Waals surface area contributed by atoms with E-state index < -0.39 is 28.7 Å². The summed E-state index contributed by atoms with van der Waals surface area (Å²) < 4.78 is 16.2. The number of rotatable bonds is 5. The van der Waals surface area contributed by atoms with Gasteiger partial charge in [-0.1, -0.05) is 12.1 Å². The summed E-state index contributed by atoms with van der Waals surface area (Å²) >= 11 is 0. The molecule has 0 amide bonds. The zero-order chi connectivity index (χ0) is 22.3. The number of carbonyl (C=O) groups is 2. The third kappa shape index (κ3) is 3.84. The summed E-state index contributed by atoms with van der Waals surface area (Å²) in [5.41, 5.74) is 5.48. The van der Waals surface area contributed by atoms with Crippen molar-refractivity contribution in [3.63, 3.8) is 0 Å². The zero-order valence-corrected chi connectivity index (χ0v) is 16.3. The molecule has 0 aliphatic carbocycles. The second-order valence-electron chi connectivity index (χ2n) is 7.47. The maximum Gasteiger partial charge on any atom is 0.341 e. The van der Waals surface area contributed by atoms with Gasteiger partial charge in [-0.25, -0.2) is 19.0 Å². The second kappa shape index (κ2) is 7.80. The van der Waals surface area contributed by atoms with Crippen LogP contribution in [-0.2, 0) is 6.54 Å². The average molecular weight is 426 g/mol. The lowest BCUT2D eigenvalue weighted by atomic mass is 10.1. The lowest BCUT2D eigenvalue weighted by molar-refractivity contribution is 0.0685. The maximum atomic E-state index is 14.8. The van der Waals surface area contributed by atoms with E-state index in [9.17, 15) is 23.9 Å². The van der Waals surface area contributed by atoms with Crippen LogP contribution in [0.25, 0.3) is 11.0 Å².